The highest BCUT2D eigenvalue weighted by Crippen LogP contribution is 2.35. The van der Waals surface area contributed by atoms with Crippen LogP contribution in [-0.2, 0) is 0 Å². The molecule has 1 aromatic rings. The van der Waals surface area contributed by atoms with Gasteiger partial charge in [0.15, 0.2) is 0 Å². The molecule has 0 bridgehead atoms. The summed E-state index contributed by atoms with van der Waals surface area (Å²) in [6.07, 6.45) is 1.28. The summed E-state index contributed by atoms with van der Waals surface area (Å²) in [5.74, 6) is 1.78. The highest BCUT2D eigenvalue weighted by Gasteiger charge is 2.32. The molecule has 0 amide bonds. The summed E-state index contributed by atoms with van der Waals surface area (Å²) >= 11 is 0. The van der Waals surface area contributed by atoms with Gasteiger partial charge in [-0.1, -0.05) is 19.1 Å². The number of para-hydroxylation sites is 2. The highest BCUT2D eigenvalue weighted by molar-refractivity contribution is 5.57. The van der Waals surface area contributed by atoms with Crippen molar-refractivity contribution in [2.24, 2.45) is 5.92 Å². The van der Waals surface area contributed by atoms with Crippen molar-refractivity contribution in [3.05, 3.63) is 24.3 Å². The molecule has 0 aliphatic heterocycles. The second-order valence-electron chi connectivity index (χ2n) is 3.89. The Balaban J connectivity index is 0.00000112. The van der Waals surface area contributed by atoms with E-state index in [0.717, 1.165) is 24.0 Å². The van der Waals surface area contributed by atoms with Gasteiger partial charge in [-0.25, -0.2) is 0 Å². The van der Waals surface area contributed by atoms with Gasteiger partial charge in [-0.15, -0.1) is 0 Å². The van der Waals surface area contributed by atoms with Crippen molar-refractivity contribution in [3.8, 4) is 5.75 Å². The third-order valence-corrected chi connectivity index (χ3v) is 2.64. The predicted octanol–water partition coefficient (Wildman–Crippen LogP) is 3.15. The summed E-state index contributed by atoms with van der Waals surface area (Å²) in [5.41, 5.74) is 1.13. The SMILES string of the molecule is CCOc1ccccc1NC1CC1C.[HH]. The zero-order chi connectivity index (χ0) is 9.97. The minimum absolute atomic E-state index is 0. The van der Waals surface area contributed by atoms with Crippen LogP contribution >= 0.6 is 0 Å². The Labute approximate surface area is 86.8 Å². The van der Waals surface area contributed by atoms with Gasteiger partial charge < -0.3 is 10.1 Å². The molecular formula is C12H19NO. The van der Waals surface area contributed by atoms with Gasteiger partial charge in [0.2, 0.25) is 0 Å². The molecule has 1 aliphatic rings. The van der Waals surface area contributed by atoms with Crippen molar-refractivity contribution in [2.45, 2.75) is 26.3 Å². The van der Waals surface area contributed by atoms with E-state index in [1.54, 1.807) is 0 Å². The molecule has 1 aromatic carbocycles. The summed E-state index contributed by atoms with van der Waals surface area (Å²) in [7, 11) is 0. The third kappa shape index (κ3) is 2.00. The van der Waals surface area contributed by atoms with E-state index in [4.69, 9.17) is 4.74 Å². The van der Waals surface area contributed by atoms with Crippen LogP contribution in [0.15, 0.2) is 24.3 Å². The maximum absolute atomic E-state index is 5.54. The van der Waals surface area contributed by atoms with Crippen molar-refractivity contribution < 1.29 is 6.16 Å². The molecule has 2 atom stereocenters. The number of anilines is 1. The Hall–Kier alpha value is -1.18. The molecular weight excluding hydrogens is 174 g/mol. The first kappa shape index (κ1) is 9.38. The average Bonchev–Trinajstić information content (AvgIpc) is 2.86. The number of rotatable bonds is 4. The molecule has 1 N–H and O–H groups in total. The normalized spacial score (nSPS) is 24.4. The Morgan fingerprint density at radius 2 is 2.21 bits per heavy atom. The molecule has 0 radical (unpaired) electrons. The lowest BCUT2D eigenvalue weighted by Crippen LogP contribution is -2.05. The first-order valence-electron chi connectivity index (χ1n) is 5.29. The van der Waals surface area contributed by atoms with Crippen molar-refractivity contribution in [1.29, 1.82) is 0 Å². The van der Waals surface area contributed by atoms with Crippen LogP contribution in [-0.4, -0.2) is 12.6 Å². The second kappa shape index (κ2) is 3.91. The van der Waals surface area contributed by atoms with Crippen LogP contribution in [0, 0.1) is 5.92 Å². The summed E-state index contributed by atoms with van der Waals surface area (Å²) < 4.78 is 5.54. The number of ether oxygens (including phenoxy) is 1. The van der Waals surface area contributed by atoms with Gasteiger partial charge in [0.05, 0.1) is 12.3 Å². The van der Waals surface area contributed by atoms with Crippen molar-refractivity contribution in [3.63, 3.8) is 0 Å². The average molecular weight is 193 g/mol. The molecule has 0 heterocycles. The topological polar surface area (TPSA) is 21.3 Å². The molecule has 2 nitrogen and oxygen atoms in total. The fourth-order valence-corrected chi connectivity index (χ4v) is 1.59. The van der Waals surface area contributed by atoms with Crippen LogP contribution in [0.5, 0.6) is 5.75 Å². The molecule has 1 aliphatic carbocycles. The summed E-state index contributed by atoms with van der Waals surface area (Å²) in [6.45, 7) is 5.00. The monoisotopic (exact) mass is 193 g/mol. The lowest BCUT2D eigenvalue weighted by atomic mass is 10.3. The Kier molecular flexibility index (Phi) is 2.62. The zero-order valence-electron chi connectivity index (χ0n) is 8.79. The van der Waals surface area contributed by atoms with Crippen LogP contribution in [0.2, 0.25) is 0 Å². The zero-order valence-corrected chi connectivity index (χ0v) is 8.79. The van der Waals surface area contributed by atoms with Crippen LogP contribution in [0.3, 0.4) is 0 Å². The Bertz CT molecular complexity index is 316. The van der Waals surface area contributed by atoms with Crippen molar-refractivity contribution in [1.82, 2.24) is 0 Å². The van der Waals surface area contributed by atoms with E-state index in [-0.39, 0.29) is 1.43 Å². The third-order valence-electron chi connectivity index (χ3n) is 2.64. The van der Waals surface area contributed by atoms with Gasteiger partial charge >= 0.3 is 0 Å². The minimum Gasteiger partial charge on any atom is -0.492 e. The van der Waals surface area contributed by atoms with E-state index in [1.165, 1.54) is 6.42 Å². The quantitative estimate of drug-likeness (QED) is 0.793. The summed E-state index contributed by atoms with van der Waals surface area (Å²) in [4.78, 5) is 0. The molecule has 14 heavy (non-hydrogen) atoms. The van der Waals surface area contributed by atoms with Gasteiger partial charge in [0, 0.05) is 7.47 Å². The second-order valence-corrected chi connectivity index (χ2v) is 3.89. The first-order valence-corrected chi connectivity index (χ1v) is 5.29. The van der Waals surface area contributed by atoms with Crippen LogP contribution < -0.4 is 10.1 Å². The van der Waals surface area contributed by atoms with E-state index in [0.29, 0.717) is 6.04 Å². The predicted molar refractivity (Wildman–Crippen MR) is 60.9 cm³/mol. The van der Waals surface area contributed by atoms with Gasteiger partial charge in [-0.05, 0) is 31.4 Å². The molecule has 1 saturated carbocycles. The summed E-state index contributed by atoms with van der Waals surface area (Å²) in [5, 5.41) is 3.49. The molecule has 1 fully saturated rings. The Morgan fingerprint density at radius 3 is 2.86 bits per heavy atom. The molecule has 0 saturated heterocycles. The largest absolute Gasteiger partial charge is 0.492 e. The molecule has 78 valence electrons. The van der Waals surface area contributed by atoms with E-state index in [2.05, 4.69) is 18.3 Å². The number of hydrogen-bond acceptors (Lipinski definition) is 2. The number of hydrogen-bond donors (Lipinski definition) is 1. The Morgan fingerprint density at radius 1 is 1.50 bits per heavy atom. The van der Waals surface area contributed by atoms with Crippen LogP contribution in [0.25, 0.3) is 0 Å². The van der Waals surface area contributed by atoms with E-state index in [1.807, 2.05) is 25.1 Å². The molecule has 2 unspecified atom stereocenters. The van der Waals surface area contributed by atoms with E-state index in [9.17, 15) is 0 Å². The minimum atomic E-state index is 0. The molecule has 2 rings (SSSR count). The molecule has 0 spiro atoms. The fraction of sp³-hybridized carbons (Fsp3) is 0.500. The smallest absolute Gasteiger partial charge is 0.142 e. The van der Waals surface area contributed by atoms with Crippen molar-refractivity contribution >= 4 is 5.69 Å². The van der Waals surface area contributed by atoms with Gasteiger partial charge in [-0.2, -0.15) is 0 Å². The molecule has 0 aromatic heterocycles. The van der Waals surface area contributed by atoms with Gasteiger partial charge in [-0.3, -0.25) is 0 Å². The maximum atomic E-state index is 5.54. The lowest BCUT2D eigenvalue weighted by Gasteiger charge is -2.11. The summed E-state index contributed by atoms with van der Waals surface area (Å²) in [6, 6.07) is 8.79. The molecule has 2 heteroatoms. The lowest BCUT2D eigenvalue weighted by molar-refractivity contribution is 0.341. The first-order chi connectivity index (χ1) is 6.81. The van der Waals surface area contributed by atoms with E-state index < -0.39 is 0 Å². The number of nitrogens with one attached hydrogen (secondary N) is 1. The van der Waals surface area contributed by atoms with E-state index >= 15 is 0 Å². The van der Waals surface area contributed by atoms with Crippen LogP contribution in [0.1, 0.15) is 21.7 Å². The van der Waals surface area contributed by atoms with Gasteiger partial charge in [0.25, 0.3) is 0 Å². The fourth-order valence-electron chi connectivity index (χ4n) is 1.59. The highest BCUT2D eigenvalue weighted by atomic mass is 16.5. The standard InChI is InChI=1S/C12H17NO.H2/c1-3-14-12-7-5-4-6-10(12)13-11-8-9(11)2;/h4-7,9,11,13H,3,8H2,1-2H3;1H. The maximum Gasteiger partial charge on any atom is 0.142 e. The van der Waals surface area contributed by atoms with Crippen molar-refractivity contribution in [2.75, 3.05) is 11.9 Å². The van der Waals surface area contributed by atoms with Crippen LogP contribution in [0.4, 0.5) is 5.69 Å². The number of benzene rings is 1. The van der Waals surface area contributed by atoms with Gasteiger partial charge in [0.1, 0.15) is 5.75 Å².